The van der Waals surface area contributed by atoms with Gasteiger partial charge < -0.3 is 9.84 Å². The molecule has 0 radical (unpaired) electrons. The third-order valence-corrected chi connectivity index (χ3v) is 2.82. The molecule has 11 heteroatoms. The second-order valence-corrected chi connectivity index (χ2v) is 5.50. The van der Waals surface area contributed by atoms with Crippen LogP contribution in [0.3, 0.4) is 0 Å². The summed E-state index contributed by atoms with van der Waals surface area (Å²) >= 11 is 5.29. The molecule has 1 aromatic heterocycles. The standard InChI is InChI=1S/C6H2Cl2F3NO4S/c7-2-1-3(17(8,14)15)12-5(4(2)13)16-6(9,10)11/h1,13H. The summed E-state index contributed by atoms with van der Waals surface area (Å²) in [6.45, 7) is 0. The van der Waals surface area contributed by atoms with Gasteiger partial charge in [0.25, 0.3) is 14.9 Å². The van der Waals surface area contributed by atoms with Crippen LogP contribution in [0.2, 0.25) is 5.02 Å². The highest BCUT2D eigenvalue weighted by Gasteiger charge is 2.34. The van der Waals surface area contributed by atoms with Crippen LogP contribution >= 0.6 is 22.3 Å². The average molecular weight is 312 g/mol. The van der Waals surface area contributed by atoms with E-state index in [4.69, 9.17) is 27.4 Å². The molecule has 0 unspecified atom stereocenters. The monoisotopic (exact) mass is 311 g/mol. The van der Waals surface area contributed by atoms with Gasteiger partial charge in [-0.3, -0.25) is 0 Å². The number of rotatable bonds is 2. The Morgan fingerprint density at radius 1 is 1.41 bits per heavy atom. The van der Waals surface area contributed by atoms with E-state index in [0.29, 0.717) is 6.07 Å². The van der Waals surface area contributed by atoms with Crippen molar-refractivity contribution in [2.75, 3.05) is 0 Å². The summed E-state index contributed by atoms with van der Waals surface area (Å²) in [5, 5.41) is 7.43. The van der Waals surface area contributed by atoms with Crippen molar-refractivity contribution in [3.8, 4) is 11.6 Å². The highest BCUT2D eigenvalue weighted by Crippen LogP contribution is 2.37. The molecule has 17 heavy (non-hydrogen) atoms. The fraction of sp³-hybridized carbons (Fsp3) is 0.167. The lowest BCUT2D eigenvalue weighted by Gasteiger charge is -2.10. The Morgan fingerprint density at radius 2 is 1.94 bits per heavy atom. The topological polar surface area (TPSA) is 76.5 Å². The minimum Gasteiger partial charge on any atom is -0.502 e. The Labute approximate surface area is 102 Å². The van der Waals surface area contributed by atoms with Crippen molar-refractivity contribution in [1.82, 2.24) is 4.98 Å². The molecule has 0 aliphatic heterocycles. The molecule has 0 aromatic carbocycles. The molecule has 0 fully saturated rings. The van der Waals surface area contributed by atoms with Gasteiger partial charge in [0.05, 0.1) is 5.02 Å². The predicted octanol–water partition coefficient (Wildman–Crippen LogP) is 2.27. The first-order chi connectivity index (χ1) is 7.50. The summed E-state index contributed by atoms with van der Waals surface area (Å²) in [6, 6.07) is 0.586. The van der Waals surface area contributed by atoms with E-state index in [2.05, 4.69) is 9.72 Å². The van der Waals surface area contributed by atoms with Crippen LogP contribution in [0.25, 0.3) is 0 Å². The van der Waals surface area contributed by atoms with E-state index < -0.39 is 37.1 Å². The Kier molecular flexibility index (Phi) is 3.65. The normalized spacial score (nSPS) is 12.5. The van der Waals surface area contributed by atoms with Crippen LogP contribution in [0.1, 0.15) is 0 Å². The van der Waals surface area contributed by atoms with Gasteiger partial charge in [0.2, 0.25) is 0 Å². The first kappa shape index (κ1) is 14.1. The van der Waals surface area contributed by atoms with E-state index in [1.807, 2.05) is 0 Å². The quantitative estimate of drug-likeness (QED) is 0.848. The van der Waals surface area contributed by atoms with Crippen molar-refractivity contribution in [2.24, 2.45) is 0 Å². The number of nitrogens with zero attached hydrogens (tertiary/aromatic N) is 1. The van der Waals surface area contributed by atoms with Gasteiger partial charge >= 0.3 is 6.36 Å². The summed E-state index contributed by atoms with van der Waals surface area (Å²) < 4.78 is 60.6. The predicted molar refractivity (Wildman–Crippen MR) is 50.6 cm³/mol. The Balaban J connectivity index is 3.36. The van der Waals surface area contributed by atoms with Gasteiger partial charge in [-0.2, -0.15) is 4.98 Å². The fourth-order valence-electron chi connectivity index (χ4n) is 0.770. The molecular formula is C6H2Cl2F3NO4S. The van der Waals surface area contributed by atoms with Gasteiger partial charge in [-0.15, -0.1) is 13.2 Å². The van der Waals surface area contributed by atoms with Gasteiger partial charge in [-0.25, -0.2) is 8.42 Å². The minimum absolute atomic E-state index is 0.586. The molecule has 96 valence electrons. The van der Waals surface area contributed by atoms with E-state index in [9.17, 15) is 21.6 Å². The number of aromatic hydroxyl groups is 1. The van der Waals surface area contributed by atoms with Crippen molar-refractivity contribution in [3.05, 3.63) is 11.1 Å². The molecule has 1 heterocycles. The second kappa shape index (κ2) is 4.39. The number of hydrogen-bond acceptors (Lipinski definition) is 5. The van der Waals surface area contributed by atoms with Crippen LogP contribution in [-0.4, -0.2) is 24.9 Å². The lowest BCUT2D eigenvalue weighted by molar-refractivity contribution is -0.276. The summed E-state index contributed by atoms with van der Waals surface area (Å²) in [5.41, 5.74) is 0. The Bertz CT molecular complexity index is 545. The van der Waals surface area contributed by atoms with Gasteiger partial charge in [0, 0.05) is 10.7 Å². The number of hydrogen-bond donors (Lipinski definition) is 1. The van der Waals surface area contributed by atoms with E-state index in [0.717, 1.165) is 0 Å². The fourth-order valence-corrected chi connectivity index (χ4v) is 1.71. The van der Waals surface area contributed by atoms with Gasteiger partial charge in [0.15, 0.2) is 10.8 Å². The smallest absolute Gasteiger partial charge is 0.502 e. The molecule has 1 aromatic rings. The van der Waals surface area contributed by atoms with Crippen molar-refractivity contribution >= 4 is 31.3 Å². The summed E-state index contributed by atoms with van der Waals surface area (Å²) in [5.74, 6) is -2.54. The third kappa shape index (κ3) is 3.79. The number of pyridine rings is 1. The molecule has 0 aliphatic carbocycles. The molecule has 1 N–H and O–H groups in total. The largest absolute Gasteiger partial charge is 0.574 e. The van der Waals surface area contributed by atoms with Crippen LogP contribution < -0.4 is 4.74 Å². The number of halogens is 5. The molecule has 0 saturated carbocycles. The van der Waals surface area contributed by atoms with Crippen molar-refractivity contribution < 1.29 is 31.4 Å². The molecule has 0 bridgehead atoms. The van der Waals surface area contributed by atoms with Crippen LogP contribution in [0, 0.1) is 0 Å². The van der Waals surface area contributed by atoms with Crippen molar-refractivity contribution in [2.45, 2.75) is 11.4 Å². The van der Waals surface area contributed by atoms with Crippen molar-refractivity contribution in [3.63, 3.8) is 0 Å². The van der Waals surface area contributed by atoms with Crippen LogP contribution in [0.5, 0.6) is 11.6 Å². The number of ether oxygens (including phenoxy) is 1. The number of alkyl halides is 3. The van der Waals surface area contributed by atoms with E-state index in [1.165, 1.54) is 0 Å². The summed E-state index contributed by atoms with van der Waals surface area (Å²) in [7, 11) is 0.457. The highest BCUT2D eigenvalue weighted by atomic mass is 35.7. The lowest BCUT2D eigenvalue weighted by Crippen LogP contribution is -2.18. The van der Waals surface area contributed by atoms with Crippen LogP contribution in [0.15, 0.2) is 11.1 Å². The maximum absolute atomic E-state index is 11.9. The Morgan fingerprint density at radius 3 is 2.35 bits per heavy atom. The molecule has 0 atom stereocenters. The molecule has 0 spiro atoms. The zero-order chi connectivity index (χ0) is 13.4. The van der Waals surface area contributed by atoms with Crippen LogP contribution in [0.4, 0.5) is 13.2 Å². The first-order valence-electron chi connectivity index (χ1n) is 3.60. The zero-order valence-corrected chi connectivity index (χ0v) is 9.82. The third-order valence-electron chi connectivity index (χ3n) is 1.35. The van der Waals surface area contributed by atoms with Gasteiger partial charge in [-0.05, 0) is 6.07 Å². The molecule has 0 saturated heterocycles. The molecule has 5 nitrogen and oxygen atoms in total. The molecule has 1 rings (SSSR count). The zero-order valence-electron chi connectivity index (χ0n) is 7.49. The van der Waals surface area contributed by atoms with E-state index >= 15 is 0 Å². The van der Waals surface area contributed by atoms with Gasteiger partial charge in [0.1, 0.15) is 0 Å². The molecule has 0 aliphatic rings. The van der Waals surface area contributed by atoms with Crippen LogP contribution in [-0.2, 0) is 9.05 Å². The first-order valence-corrected chi connectivity index (χ1v) is 6.29. The number of aromatic nitrogens is 1. The minimum atomic E-state index is -5.16. The SMILES string of the molecule is O=S(=O)(Cl)c1cc(Cl)c(O)c(OC(F)(F)F)n1. The maximum Gasteiger partial charge on any atom is 0.574 e. The molecule has 0 amide bonds. The summed E-state index contributed by atoms with van der Waals surface area (Å²) in [4.78, 5) is 2.89. The second-order valence-electron chi connectivity index (χ2n) is 2.58. The highest BCUT2D eigenvalue weighted by molar-refractivity contribution is 8.13. The Hall–Kier alpha value is -0.930. The van der Waals surface area contributed by atoms with E-state index in [1.54, 1.807) is 0 Å². The molecular weight excluding hydrogens is 310 g/mol. The average Bonchev–Trinajstić information content (AvgIpc) is 2.08. The van der Waals surface area contributed by atoms with E-state index in [-0.39, 0.29) is 0 Å². The maximum atomic E-state index is 11.9. The summed E-state index contributed by atoms with van der Waals surface area (Å²) in [6.07, 6.45) is -5.16. The van der Waals surface area contributed by atoms with Gasteiger partial charge in [-0.1, -0.05) is 11.6 Å². The van der Waals surface area contributed by atoms with Crippen molar-refractivity contribution in [1.29, 1.82) is 0 Å². The lowest BCUT2D eigenvalue weighted by atomic mass is 10.4.